The second kappa shape index (κ2) is 8.67. The highest BCUT2D eigenvalue weighted by Crippen LogP contribution is 2.33. The van der Waals surface area contributed by atoms with E-state index in [1.807, 2.05) is 42.7 Å². The van der Waals surface area contributed by atoms with Crippen LogP contribution in [0.25, 0.3) is 27.6 Å². The number of nitrogens with zero attached hydrogens (tertiary/aromatic N) is 2. The van der Waals surface area contributed by atoms with Crippen LogP contribution in [0.5, 0.6) is 0 Å². The van der Waals surface area contributed by atoms with Gasteiger partial charge < -0.3 is 8.98 Å². The average Bonchev–Trinajstić information content (AvgIpc) is 3.14. The monoisotopic (exact) mass is 494 g/mol. The zero-order chi connectivity index (χ0) is 26.6. The quantitative estimate of drug-likeness (QED) is 0.168. The maximum atomic E-state index is 13.6. The number of non-ortho nitro benzene ring substituents is 1. The molecule has 0 bridgehead atoms. The summed E-state index contributed by atoms with van der Waals surface area (Å²) in [6.45, 7) is 6.86. The van der Waals surface area contributed by atoms with Gasteiger partial charge >= 0.3 is 0 Å². The van der Waals surface area contributed by atoms with Gasteiger partial charge in [-0.25, -0.2) is 0 Å². The zero-order valence-electron chi connectivity index (χ0n) is 20.6. The molecule has 0 fully saturated rings. The van der Waals surface area contributed by atoms with Gasteiger partial charge in [0, 0.05) is 40.0 Å². The van der Waals surface area contributed by atoms with Crippen LogP contribution in [0.3, 0.4) is 0 Å². The summed E-state index contributed by atoms with van der Waals surface area (Å²) in [7, 11) is 0. The number of carbonyl (C=O) groups excluding carboxylic acids is 2. The van der Waals surface area contributed by atoms with Crippen molar-refractivity contribution >= 4 is 39.1 Å². The molecule has 0 radical (unpaired) electrons. The highest BCUT2D eigenvalue weighted by atomic mass is 16.6. The van der Waals surface area contributed by atoms with E-state index in [-0.39, 0.29) is 39.3 Å². The lowest BCUT2D eigenvalue weighted by molar-refractivity contribution is -0.384. The van der Waals surface area contributed by atoms with Crippen molar-refractivity contribution in [3.63, 3.8) is 0 Å². The largest absolute Gasteiger partial charge is 0.460 e. The Morgan fingerprint density at radius 3 is 2.14 bits per heavy atom. The fourth-order valence-corrected chi connectivity index (χ4v) is 4.83. The average molecular weight is 495 g/mol. The number of carbonyl (C=O) groups is 2. The summed E-state index contributed by atoms with van der Waals surface area (Å²) in [4.78, 5) is 49.9. The Labute approximate surface area is 210 Å². The Kier molecular flexibility index (Phi) is 5.59. The Morgan fingerprint density at radius 2 is 1.54 bits per heavy atom. The molecule has 0 aliphatic heterocycles. The third-order valence-electron chi connectivity index (χ3n) is 6.60. The Bertz CT molecular complexity index is 1820. The molecule has 0 unspecified atom stereocenters. The van der Waals surface area contributed by atoms with Gasteiger partial charge in [0.1, 0.15) is 16.9 Å². The van der Waals surface area contributed by atoms with Crippen LogP contribution in [0.2, 0.25) is 0 Å². The van der Waals surface area contributed by atoms with E-state index < -0.39 is 16.1 Å². The van der Waals surface area contributed by atoms with Crippen molar-refractivity contribution in [2.24, 2.45) is 0 Å². The smallest absolute Gasteiger partial charge is 0.269 e. The molecule has 0 aliphatic rings. The van der Waals surface area contributed by atoms with Crippen LogP contribution in [0.15, 0.2) is 69.9 Å². The fourth-order valence-electron chi connectivity index (χ4n) is 4.83. The fraction of sp³-hybridized carbons (Fsp3) is 0.138. The van der Waals surface area contributed by atoms with Crippen molar-refractivity contribution in [1.82, 2.24) is 4.57 Å². The minimum atomic E-state index is -0.585. The number of rotatable bonds is 5. The summed E-state index contributed by atoms with van der Waals surface area (Å²) >= 11 is 0. The van der Waals surface area contributed by atoms with Gasteiger partial charge in [0.05, 0.1) is 15.8 Å². The third-order valence-corrected chi connectivity index (χ3v) is 6.60. The van der Waals surface area contributed by atoms with E-state index >= 15 is 0 Å². The first-order valence-electron chi connectivity index (χ1n) is 11.6. The lowest BCUT2D eigenvalue weighted by Crippen LogP contribution is -2.18. The minimum absolute atomic E-state index is 0.114. The van der Waals surface area contributed by atoms with Gasteiger partial charge in [0.2, 0.25) is 5.43 Å². The molecule has 0 atom stereocenters. The number of nitro groups is 1. The molecule has 3 aromatic carbocycles. The molecular weight excluding hydrogens is 472 g/mol. The lowest BCUT2D eigenvalue weighted by atomic mass is 9.99. The van der Waals surface area contributed by atoms with Crippen LogP contribution in [0, 0.1) is 30.9 Å². The van der Waals surface area contributed by atoms with Crippen molar-refractivity contribution < 1.29 is 18.9 Å². The van der Waals surface area contributed by atoms with Crippen LogP contribution in [-0.4, -0.2) is 21.1 Å². The molecule has 0 spiro atoms. The van der Waals surface area contributed by atoms with Gasteiger partial charge in [-0.1, -0.05) is 17.7 Å². The SMILES string of the molecule is CC(=O)c1c(C)n(-c2ccc(C)cc2)c2cc3c(=O)c(C(=O)c4ccc([N+](=O)[O-])cc4)c(C)oc3cc12. The van der Waals surface area contributed by atoms with E-state index in [2.05, 4.69) is 0 Å². The highest BCUT2D eigenvalue weighted by Gasteiger charge is 2.24. The van der Waals surface area contributed by atoms with Crippen LogP contribution < -0.4 is 5.43 Å². The van der Waals surface area contributed by atoms with Crippen LogP contribution in [0.4, 0.5) is 5.69 Å². The molecule has 2 aromatic heterocycles. The molecule has 5 rings (SSSR count). The molecule has 0 amide bonds. The van der Waals surface area contributed by atoms with E-state index in [0.29, 0.717) is 16.5 Å². The van der Waals surface area contributed by atoms with Crippen LogP contribution in [0.1, 0.15) is 50.2 Å². The number of nitro benzene ring substituents is 1. The van der Waals surface area contributed by atoms with Crippen LogP contribution in [-0.2, 0) is 0 Å². The summed E-state index contributed by atoms with van der Waals surface area (Å²) in [5, 5.41) is 11.8. The first-order chi connectivity index (χ1) is 17.6. The Morgan fingerprint density at radius 1 is 0.892 bits per heavy atom. The zero-order valence-corrected chi connectivity index (χ0v) is 20.6. The van der Waals surface area contributed by atoms with E-state index in [9.17, 15) is 24.5 Å². The molecule has 0 saturated heterocycles. The molecule has 0 N–H and O–H groups in total. The normalized spacial score (nSPS) is 11.2. The standard InChI is InChI=1S/C29H22N2O6/c1-15-5-9-20(10-6-15)30-16(2)26(17(3)32)22-14-25-23(13-24(22)30)29(34)27(18(4)37-25)28(33)19-7-11-21(12-8-19)31(35)36/h5-14H,1-4H3. The molecule has 8 nitrogen and oxygen atoms in total. The molecule has 5 aromatic rings. The Hall–Kier alpha value is -4.85. The predicted molar refractivity (Wildman–Crippen MR) is 140 cm³/mol. The van der Waals surface area contributed by atoms with Crippen molar-refractivity contribution in [3.05, 3.63) is 115 Å². The molecule has 0 saturated carbocycles. The number of aromatic nitrogens is 1. The first-order valence-corrected chi connectivity index (χ1v) is 11.6. The van der Waals surface area contributed by atoms with Gasteiger partial charge in [-0.3, -0.25) is 24.5 Å². The van der Waals surface area contributed by atoms with Gasteiger partial charge in [-0.05, 0) is 64.1 Å². The van der Waals surface area contributed by atoms with E-state index in [0.717, 1.165) is 16.9 Å². The summed E-state index contributed by atoms with van der Waals surface area (Å²) in [5.41, 5.74) is 3.41. The number of hydrogen-bond donors (Lipinski definition) is 0. The summed E-state index contributed by atoms with van der Waals surface area (Å²) in [6, 6.07) is 16.2. The second-order valence-corrected chi connectivity index (χ2v) is 9.05. The number of benzene rings is 3. The maximum Gasteiger partial charge on any atom is 0.269 e. The molecule has 37 heavy (non-hydrogen) atoms. The minimum Gasteiger partial charge on any atom is -0.460 e. The third kappa shape index (κ3) is 3.83. The van der Waals surface area contributed by atoms with Gasteiger partial charge in [-0.2, -0.15) is 0 Å². The molecule has 0 aliphatic carbocycles. The van der Waals surface area contributed by atoms with Gasteiger partial charge in [-0.15, -0.1) is 0 Å². The van der Waals surface area contributed by atoms with Crippen molar-refractivity contribution in [2.45, 2.75) is 27.7 Å². The van der Waals surface area contributed by atoms with Crippen molar-refractivity contribution in [1.29, 1.82) is 0 Å². The molecular formula is C29H22N2O6. The van der Waals surface area contributed by atoms with Crippen molar-refractivity contribution in [3.8, 4) is 5.69 Å². The van der Waals surface area contributed by atoms with Gasteiger partial charge in [0.25, 0.3) is 5.69 Å². The number of ketones is 2. The number of aryl methyl sites for hydroxylation is 2. The van der Waals surface area contributed by atoms with Crippen molar-refractivity contribution in [2.75, 3.05) is 0 Å². The summed E-state index contributed by atoms with van der Waals surface area (Å²) < 4.78 is 7.86. The van der Waals surface area contributed by atoms with Crippen LogP contribution >= 0.6 is 0 Å². The number of fused-ring (bicyclic) bond motifs is 2. The summed E-state index contributed by atoms with van der Waals surface area (Å²) in [5.74, 6) is -0.575. The van der Waals surface area contributed by atoms with Gasteiger partial charge in [0.15, 0.2) is 11.6 Å². The summed E-state index contributed by atoms with van der Waals surface area (Å²) in [6.07, 6.45) is 0. The highest BCUT2D eigenvalue weighted by molar-refractivity contribution is 6.13. The number of Topliss-reactive ketones (excluding diaryl/α,β-unsaturated/α-hetero) is 1. The molecule has 184 valence electrons. The predicted octanol–water partition coefficient (Wildman–Crippen LogP) is 6.00. The Balaban J connectivity index is 1.78. The lowest BCUT2D eigenvalue weighted by Gasteiger charge is -2.10. The second-order valence-electron chi connectivity index (χ2n) is 9.05. The first kappa shape index (κ1) is 23.9. The molecule has 8 heteroatoms. The van der Waals surface area contributed by atoms with E-state index in [1.54, 1.807) is 12.1 Å². The van der Waals surface area contributed by atoms with E-state index in [4.69, 9.17) is 4.42 Å². The number of hydrogen-bond acceptors (Lipinski definition) is 6. The van der Waals surface area contributed by atoms with E-state index in [1.165, 1.54) is 38.1 Å². The topological polar surface area (TPSA) is 112 Å². The maximum absolute atomic E-state index is 13.6. The molecule has 2 heterocycles.